The molecule has 0 saturated carbocycles. The molecular weight excluding hydrogens is 607 g/mol. The highest BCUT2D eigenvalue weighted by atomic mass is 16.3. The van der Waals surface area contributed by atoms with E-state index in [9.17, 15) is 0 Å². The van der Waals surface area contributed by atoms with Gasteiger partial charge in [-0.2, -0.15) is 0 Å². The third-order valence-electron chi connectivity index (χ3n) is 10.0. The van der Waals surface area contributed by atoms with Crippen LogP contribution in [0.2, 0.25) is 0 Å². The summed E-state index contributed by atoms with van der Waals surface area (Å²) in [7, 11) is 0. The van der Waals surface area contributed by atoms with Crippen molar-refractivity contribution in [2.75, 3.05) is 4.90 Å². The summed E-state index contributed by atoms with van der Waals surface area (Å²) in [4.78, 5) is 2.35. The molecule has 1 aromatic heterocycles. The molecule has 10 aromatic rings. The number of benzene rings is 9. The molecule has 50 heavy (non-hydrogen) atoms. The lowest BCUT2D eigenvalue weighted by molar-refractivity contribution is 0.669. The van der Waals surface area contributed by atoms with Crippen molar-refractivity contribution in [3.05, 3.63) is 188 Å². The van der Waals surface area contributed by atoms with Crippen molar-refractivity contribution in [3.8, 4) is 22.3 Å². The molecule has 0 bridgehead atoms. The lowest BCUT2D eigenvalue weighted by atomic mass is 9.94. The van der Waals surface area contributed by atoms with Crippen LogP contribution < -0.4 is 4.90 Å². The SMILES string of the molecule is c1ccc(-c2cc3oc4ccccc4c3c3cc(N(c4ccccc4)c4ccc(-c5ccc6ccc7ccccc7c6c5)cc4)ccc23)cc1. The van der Waals surface area contributed by atoms with Gasteiger partial charge < -0.3 is 9.32 Å². The Morgan fingerprint density at radius 2 is 0.940 bits per heavy atom. The molecule has 0 saturated heterocycles. The molecule has 0 fully saturated rings. The molecule has 0 unspecified atom stereocenters. The van der Waals surface area contributed by atoms with Crippen molar-refractivity contribution in [2.45, 2.75) is 0 Å². The smallest absolute Gasteiger partial charge is 0.136 e. The Balaban J connectivity index is 1.14. The predicted octanol–water partition coefficient (Wildman–Crippen LogP) is 13.8. The van der Waals surface area contributed by atoms with E-state index in [0.29, 0.717) is 0 Å². The minimum absolute atomic E-state index is 0.897. The van der Waals surface area contributed by atoms with E-state index in [4.69, 9.17) is 4.42 Å². The standard InChI is InChI=1S/C48H31NO/c1-3-11-33(12-4-1)44-31-47-48(42-17-9-10-18-46(42)50-47)45-30-39(27-28-41(44)45)49(37-14-5-2-6-15-37)38-25-23-32(24-26-38)36-22-21-35-20-19-34-13-7-8-16-40(34)43(35)29-36/h1-31H. The number of para-hydroxylation sites is 2. The summed E-state index contributed by atoms with van der Waals surface area (Å²) in [5.41, 5.74) is 9.81. The summed E-state index contributed by atoms with van der Waals surface area (Å²) < 4.78 is 6.48. The van der Waals surface area contributed by atoms with Crippen LogP contribution in [0.1, 0.15) is 0 Å². The molecule has 0 spiro atoms. The quantitative estimate of drug-likeness (QED) is 0.175. The van der Waals surface area contributed by atoms with E-state index in [0.717, 1.165) is 44.6 Å². The Bertz CT molecular complexity index is 2850. The molecule has 0 N–H and O–H groups in total. The van der Waals surface area contributed by atoms with Gasteiger partial charge in [0, 0.05) is 27.8 Å². The van der Waals surface area contributed by atoms with Gasteiger partial charge >= 0.3 is 0 Å². The van der Waals surface area contributed by atoms with E-state index < -0.39 is 0 Å². The van der Waals surface area contributed by atoms with Crippen LogP contribution in [-0.4, -0.2) is 0 Å². The summed E-state index contributed by atoms with van der Waals surface area (Å²) >= 11 is 0. The average molecular weight is 638 g/mol. The number of hydrogen-bond acceptors (Lipinski definition) is 2. The maximum absolute atomic E-state index is 6.48. The number of rotatable bonds is 5. The van der Waals surface area contributed by atoms with Crippen LogP contribution in [0.5, 0.6) is 0 Å². The fourth-order valence-electron chi connectivity index (χ4n) is 7.63. The fourth-order valence-corrected chi connectivity index (χ4v) is 7.63. The van der Waals surface area contributed by atoms with E-state index in [1.807, 2.05) is 6.07 Å². The van der Waals surface area contributed by atoms with Gasteiger partial charge in [-0.3, -0.25) is 0 Å². The molecule has 2 heteroatoms. The maximum atomic E-state index is 6.48. The van der Waals surface area contributed by atoms with Crippen LogP contribution in [0.4, 0.5) is 17.1 Å². The molecule has 234 valence electrons. The van der Waals surface area contributed by atoms with Crippen LogP contribution in [0.15, 0.2) is 192 Å². The van der Waals surface area contributed by atoms with Crippen LogP contribution in [0.25, 0.3) is 76.5 Å². The Labute approximate surface area is 290 Å². The molecule has 0 aliphatic heterocycles. The minimum Gasteiger partial charge on any atom is -0.456 e. The van der Waals surface area contributed by atoms with Gasteiger partial charge in [0.25, 0.3) is 0 Å². The van der Waals surface area contributed by atoms with Crippen molar-refractivity contribution in [1.82, 2.24) is 0 Å². The van der Waals surface area contributed by atoms with E-state index in [2.05, 4.69) is 187 Å². The van der Waals surface area contributed by atoms with Crippen LogP contribution in [-0.2, 0) is 0 Å². The number of nitrogens with zero attached hydrogens (tertiary/aromatic N) is 1. The average Bonchev–Trinajstić information content (AvgIpc) is 3.57. The van der Waals surface area contributed by atoms with Crippen molar-refractivity contribution in [1.29, 1.82) is 0 Å². The van der Waals surface area contributed by atoms with Gasteiger partial charge in [0.2, 0.25) is 0 Å². The first-order valence-electron chi connectivity index (χ1n) is 17.1. The predicted molar refractivity (Wildman–Crippen MR) is 212 cm³/mol. The second kappa shape index (κ2) is 11.5. The Hall–Kier alpha value is -6.64. The monoisotopic (exact) mass is 637 g/mol. The van der Waals surface area contributed by atoms with Crippen molar-refractivity contribution in [2.24, 2.45) is 0 Å². The largest absolute Gasteiger partial charge is 0.456 e. The van der Waals surface area contributed by atoms with Crippen LogP contribution in [0.3, 0.4) is 0 Å². The third kappa shape index (κ3) is 4.65. The van der Waals surface area contributed by atoms with Crippen LogP contribution >= 0.6 is 0 Å². The Morgan fingerprint density at radius 1 is 0.320 bits per heavy atom. The second-order valence-corrected chi connectivity index (χ2v) is 12.9. The van der Waals surface area contributed by atoms with E-state index in [-0.39, 0.29) is 0 Å². The van der Waals surface area contributed by atoms with Crippen LogP contribution in [0, 0.1) is 0 Å². The first kappa shape index (κ1) is 28.4. The van der Waals surface area contributed by atoms with Gasteiger partial charge in [-0.15, -0.1) is 0 Å². The lowest BCUT2D eigenvalue weighted by Crippen LogP contribution is -2.09. The van der Waals surface area contributed by atoms with Crippen molar-refractivity contribution in [3.63, 3.8) is 0 Å². The van der Waals surface area contributed by atoms with Gasteiger partial charge in [0.1, 0.15) is 11.2 Å². The van der Waals surface area contributed by atoms with E-state index >= 15 is 0 Å². The van der Waals surface area contributed by atoms with E-state index in [1.165, 1.54) is 49.0 Å². The minimum atomic E-state index is 0.897. The van der Waals surface area contributed by atoms with Gasteiger partial charge in [-0.25, -0.2) is 0 Å². The lowest BCUT2D eigenvalue weighted by Gasteiger charge is -2.26. The number of hydrogen-bond donors (Lipinski definition) is 0. The summed E-state index contributed by atoms with van der Waals surface area (Å²) in [6.45, 7) is 0. The maximum Gasteiger partial charge on any atom is 0.136 e. The molecular formula is C48H31NO. The molecule has 0 amide bonds. The van der Waals surface area contributed by atoms with Gasteiger partial charge in [0.15, 0.2) is 0 Å². The number of fused-ring (bicyclic) bond motifs is 8. The summed E-state index contributed by atoms with van der Waals surface area (Å²) in [6.07, 6.45) is 0. The molecule has 0 atom stereocenters. The molecule has 10 rings (SSSR count). The fraction of sp³-hybridized carbons (Fsp3) is 0. The second-order valence-electron chi connectivity index (χ2n) is 12.9. The zero-order valence-corrected chi connectivity index (χ0v) is 27.3. The first-order valence-corrected chi connectivity index (χ1v) is 17.1. The number of anilines is 3. The highest BCUT2D eigenvalue weighted by molar-refractivity contribution is 6.22. The Kier molecular flexibility index (Phi) is 6.53. The number of furan rings is 1. The van der Waals surface area contributed by atoms with Gasteiger partial charge in [-0.1, -0.05) is 133 Å². The third-order valence-corrected chi connectivity index (χ3v) is 10.0. The highest BCUT2D eigenvalue weighted by Crippen LogP contribution is 2.44. The molecule has 0 radical (unpaired) electrons. The molecule has 1 heterocycles. The molecule has 0 aliphatic rings. The molecule has 2 nitrogen and oxygen atoms in total. The van der Waals surface area contributed by atoms with Crippen molar-refractivity contribution >= 4 is 71.3 Å². The normalized spacial score (nSPS) is 11.6. The topological polar surface area (TPSA) is 16.4 Å². The highest BCUT2D eigenvalue weighted by Gasteiger charge is 2.19. The van der Waals surface area contributed by atoms with Gasteiger partial charge in [-0.05, 0) is 109 Å². The summed E-state index contributed by atoms with van der Waals surface area (Å²) in [5.74, 6) is 0. The van der Waals surface area contributed by atoms with Gasteiger partial charge in [0.05, 0.1) is 0 Å². The zero-order chi connectivity index (χ0) is 33.0. The Morgan fingerprint density at radius 3 is 1.76 bits per heavy atom. The summed E-state index contributed by atoms with van der Waals surface area (Å²) in [5, 5.41) is 9.72. The van der Waals surface area contributed by atoms with Crippen molar-refractivity contribution < 1.29 is 4.42 Å². The zero-order valence-electron chi connectivity index (χ0n) is 27.3. The van der Waals surface area contributed by atoms with E-state index in [1.54, 1.807) is 0 Å². The molecule has 9 aromatic carbocycles. The molecule has 0 aliphatic carbocycles. The summed E-state index contributed by atoms with van der Waals surface area (Å²) in [6, 6.07) is 67.5. The first-order chi connectivity index (χ1) is 24.8.